The fourth-order valence-electron chi connectivity index (χ4n) is 2.45. The molecule has 0 aliphatic rings. The predicted molar refractivity (Wildman–Crippen MR) is 100 cm³/mol. The molecule has 0 aliphatic carbocycles. The maximum Gasteiger partial charge on any atom is 0.221 e. The third kappa shape index (κ3) is 4.93. The van der Waals surface area contributed by atoms with E-state index in [2.05, 4.69) is 27.5 Å². The molecule has 1 N–H and O–H groups in total. The van der Waals surface area contributed by atoms with Gasteiger partial charge in [0.25, 0.3) is 0 Å². The van der Waals surface area contributed by atoms with Gasteiger partial charge in [-0.25, -0.2) is 0 Å². The van der Waals surface area contributed by atoms with Crippen molar-refractivity contribution in [1.82, 2.24) is 20.1 Å². The first kappa shape index (κ1) is 17.2. The first-order valence-corrected chi connectivity index (χ1v) is 9.08. The van der Waals surface area contributed by atoms with Crippen molar-refractivity contribution in [3.8, 4) is 11.3 Å². The Bertz CT molecular complexity index is 832. The minimum absolute atomic E-state index is 0.0503. The third-order valence-electron chi connectivity index (χ3n) is 3.74. The molecule has 0 spiro atoms. The summed E-state index contributed by atoms with van der Waals surface area (Å²) in [6.45, 7) is 0.480. The summed E-state index contributed by atoms with van der Waals surface area (Å²) >= 11 is 1.69. The number of hydrogen-bond acceptors (Lipinski definition) is 4. The normalized spacial score (nSPS) is 10.6. The Morgan fingerprint density at radius 2 is 2.04 bits per heavy atom. The number of carbonyl (C=O) groups is 1. The topological polar surface area (TPSA) is 59.8 Å². The second-order valence-corrected chi connectivity index (χ2v) is 6.78. The van der Waals surface area contributed by atoms with E-state index in [-0.39, 0.29) is 5.91 Å². The highest BCUT2D eigenvalue weighted by atomic mass is 32.2. The molecule has 0 fully saturated rings. The molecule has 0 unspecified atom stereocenters. The SMILES string of the molecule is Cn1nccc1-c1cncc(CNC(=O)CCSc2ccccc2)c1. The number of hydrogen-bond donors (Lipinski definition) is 1. The van der Waals surface area contributed by atoms with Gasteiger partial charge in [-0.2, -0.15) is 5.10 Å². The Kier molecular flexibility index (Phi) is 5.85. The third-order valence-corrected chi connectivity index (χ3v) is 4.76. The van der Waals surface area contributed by atoms with Crippen molar-refractivity contribution in [2.45, 2.75) is 17.9 Å². The highest BCUT2D eigenvalue weighted by molar-refractivity contribution is 7.99. The van der Waals surface area contributed by atoms with Gasteiger partial charge in [-0.05, 0) is 29.8 Å². The highest BCUT2D eigenvalue weighted by Crippen LogP contribution is 2.19. The molecule has 2 aromatic heterocycles. The van der Waals surface area contributed by atoms with E-state index >= 15 is 0 Å². The van der Waals surface area contributed by atoms with Gasteiger partial charge in [0.05, 0.1) is 5.69 Å². The number of nitrogens with zero attached hydrogens (tertiary/aromatic N) is 3. The zero-order chi connectivity index (χ0) is 17.5. The number of amides is 1. The van der Waals surface area contributed by atoms with Crippen LogP contribution in [0.4, 0.5) is 0 Å². The van der Waals surface area contributed by atoms with Gasteiger partial charge >= 0.3 is 0 Å². The van der Waals surface area contributed by atoms with Gasteiger partial charge in [-0.3, -0.25) is 14.5 Å². The molecule has 0 radical (unpaired) electrons. The van der Waals surface area contributed by atoms with E-state index in [1.807, 2.05) is 37.4 Å². The van der Waals surface area contributed by atoms with Crippen LogP contribution in [0, 0.1) is 0 Å². The zero-order valence-corrected chi connectivity index (χ0v) is 14.9. The number of aryl methyl sites for hydroxylation is 1. The Hall–Kier alpha value is -2.60. The molecule has 0 aliphatic heterocycles. The van der Waals surface area contributed by atoms with Crippen LogP contribution < -0.4 is 5.32 Å². The van der Waals surface area contributed by atoms with Crippen molar-refractivity contribution < 1.29 is 4.79 Å². The maximum atomic E-state index is 12.0. The number of pyridine rings is 1. The lowest BCUT2D eigenvalue weighted by Gasteiger charge is -2.07. The van der Waals surface area contributed by atoms with Gasteiger partial charge in [0.1, 0.15) is 0 Å². The van der Waals surface area contributed by atoms with Crippen LogP contribution in [0.1, 0.15) is 12.0 Å². The minimum atomic E-state index is 0.0503. The van der Waals surface area contributed by atoms with Crippen LogP contribution in [0.3, 0.4) is 0 Å². The van der Waals surface area contributed by atoms with Crippen molar-refractivity contribution in [3.63, 3.8) is 0 Å². The number of aromatic nitrogens is 3. The second-order valence-electron chi connectivity index (χ2n) is 5.61. The molecule has 2 heterocycles. The standard InChI is InChI=1S/C19H20N4OS/c1-23-18(7-9-22-23)16-11-15(12-20-14-16)13-21-19(24)8-10-25-17-5-3-2-4-6-17/h2-7,9,11-12,14H,8,10,13H2,1H3,(H,21,24). The molecule has 1 amide bonds. The van der Waals surface area contributed by atoms with Gasteiger partial charge < -0.3 is 5.32 Å². The summed E-state index contributed by atoms with van der Waals surface area (Å²) in [7, 11) is 1.90. The first-order valence-electron chi connectivity index (χ1n) is 8.09. The van der Waals surface area contributed by atoms with Crippen molar-refractivity contribution in [2.75, 3.05) is 5.75 Å². The Balaban J connectivity index is 1.48. The Morgan fingerprint density at radius 1 is 1.20 bits per heavy atom. The van der Waals surface area contributed by atoms with Gasteiger partial charge in [0, 0.05) is 54.8 Å². The van der Waals surface area contributed by atoms with E-state index in [9.17, 15) is 4.79 Å². The number of carbonyl (C=O) groups excluding carboxylic acids is 1. The molecule has 0 atom stereocenters. The summed E-state index contributed by atoms with van der Waals surface area (Å²) in [5.74, 6) is 0.817. The van der Waals surface area contributed by atoms with Crippen LogP contribution in [-0.2, 0) is 18.4 Å². The van der Waals surface area contributed by atoms with Crippen LogP contribution in [0.2, 0.25) is 0 Å². The van der Waals surface area contributed by atoms with Crippen LogP contribution in [0.25, 0.3) is 11.3 Å². The van der Waals surface area contributed by atoms with E-state index in [0.29, 0.717) is 13.0 Å². The Morgan fingerprint density at radius 3 is 2.80 bits per heavy atom. The summed E-state index contributed by atoms with van der Waals surface area (Å²) < 4.78 is 1.81. The fourth-order valence-corrected chi connectivity index (χ4v) is 3.32. The largest absolute Gasteiger partial charge is 0.352 e. The maximum absolute atomic E-state index is 12.0. The molecule has 1 aromatic carbocycles. The first-order chi connectivity index (χ1) is 12.2. The van der Waals surface area contributed by atoms with E-state index in [4.69, 9.17) is 0 Å². The van der Waals surface area contributed by atoms with Crippen molar-refractivity contribution >= 4 is 17.7 Å². The molecule has 3 aromatic rings. The molecule has 6 heteroatoms. The summed E-state index contributed by atoms with van der Waals surface area (Å²) in [6, 6.07) is 14.1. The van der Waals surface area contributed by atoms with E-state index in [1.165, 1.54) is 4.90 Å². The van der Waals surface area contributed by atoms with Crippen LogP contribution >= 0.6 is 11.8 Å². The van der Waals surface area contributed by atoms with Crippen LogP contribution in [0.15, 0.2) is 66.0 Å². The number of rotatable bonds is 7. The van der Waals surface area contributed by atoms with Crippen molar-refractivity contribution in [1.29, 1.82) is 0 Å². The summed E-state index contributed by atoms with van der Waals surface area (Å²) in [4.78, 5) is 17.5. The summed E-state index contributed by atoms with van der Waals surface area (Å²) in [5, 5.41) is 7.13. The van der Waals surface area contributed by atoms with E-state index in [0.717, 1.165) is 22.6 Å². The lowest BCUT2D eigenvalue weighted by Crippen LogP contribution is -2.23. The monoisotopic (exact) mass is 352 g/mol. The van der Waals surface area contributed by atoms with Crippen molar-refractivity contribution in [2.24, 2.45) is 7.05 Å². The average Bonchev–Trinajstić information content (AvgIpc) is 3.07. The molecular formula is C19H20N4OS. The molecule has 0 saturated heterocycles. The second kappa shape index (κ2) is 8.48. The smallest absolute Gasteiger partial charge is 0.221 e. The average molecular weight is 352 g/mol. The molecule has 25 heavy (non-hydrogen) atoms. The van der Waals surface area contributed by atoms with Gasteiger partial charge in [0.2, 0.25) is 5.91 Å². The lowest BCUT2D eigenvalue weighted by molar-refractivity contribution is -0.120. The van der Waals surface area contributed by atoms with Crippen LogP contribution in [-0.4, -0.2) is 26.4 Å². The molecule has 0 saturated carbocycles. The van der Waals surface area contributed by atoms with Crippen LogP contribution in [0.5, 0.6) is 0 Å². The fraction of sp³-hybridized carbons (Fsp3) is 0.211. The summed E-state index contributed by atoms with van der Waals surface area (Å²) in [5.41, 5.74) is 2.97. The van der Waals surface area contributed by atoms with Crippen molar-refractivity contribution in [3.05, 3.63) is 66.6 Å². The lowest BCUT2D eigenvalue weighted by atomic mass is 10.1. The Labute approximate surface area is 151 Å². The molecular weight excluding hydrogens is 332 g/mol. The molecule has 0 bridgehead atoms. The minimum Gasteiger partial charge on any atom is -0.352 e. The zero-order valence-electron chi connectivity index (χ0n) is 14.1. The number of nitrogens with one attached hydrogen (secondary N) is 1. The van der Waals surface area contributed by atoms with Gasteiger partial charge in [-0.1, -0.05) is 18.2 Å². The predicted octanol–water partition coefficient (Wildman–Crippen LogP) is 3.28. The van der Waals surface area contributed by atoms with E-state index in [1.54, 1.807) is 35.0 Å². The van der Waals surface area contributed by atoms with Gasteiger partial charge in [0.15, 0.2) is 0 Å². The number of thioether (sulfide) groups is 1. The number of benzene rings is 1. The molecule has 128 valence electrons. The summed E-state index contributed by atoms with van der Waals surface area (Å²) in [6.07, 6.45) is 5.83. The molecule has 5 nitrogen and oxygen atoms in total. The van der Waals surface area contributed by atoms with Gasteiger partial charge in [-0.15, -0.1) is 11.8 Å². The molecule has 3 rings (SSSR count). The highest BCUT2D eigenvalue weighted by Gasteiger charge is 2.06. The van der Waals surface area contributed by atoms with E-state index < -0.39 is 0 Å². The quantitative estimate of drug-likeness (QED) is 0.663.